The molecule has 2 aromatic carbocycles. The Balaban J connectivity index is 1.64. The number of benzene rings is 2. The molecule has 0 bridgehead atoms. The van der Waals surface area contributed by atoms with Crippen LogP contribution in [0.25, 0.3) is 11.1 Å². The van der Waals surface area contributed by atoms with Gasteiger partial charge in [0.1, 0.15) is 11.4 Å². The van der Waals surface area contributed by atoms with Gasteiger partial charge in [-0.25, -0.2) is 4.39 Å². The number of nitrogens with one attached hydrogen (secondary N) is 1. The molecule has 2 aliphatic heterocycles. The number of ether oxygens (including phenoxy) is 1. The molecular weight excluding hydrogens is 352 g/mol. The summed E-state index contributed by atoms with van der Waals surface area (Å²) >= 11 is 0. The third-order valence-corrected chi connectivity index (χ3v) is 4.63. The van der Waals surface area contributed by atoms with Crippen molar-refractivity contribution in [1.82, 2.24) is 0 Å². The summed E-state index contributed by atoms with van der Waals surface area (Å²) < 4.78 is 57.9. The Kier molecular flexibility index (Phi) is 3.85. The monoisotopic (exact) mass is 368 g/mol. The third-order valence-electron chi connectivity index (χ3n) is 4.63. The molecule has 0 spiro atoms. The minimum Gasteiger partial charge on any atom is -0.383 e. The summed E-state index contributed by atoms with van der Waals surface area (Å²) in [6.07, 6.45) is -4.53. The molecule has 1 saturated heterocycles. The molecule has 2 N–H and O–H groups in total. The van der Waals surface area contributed by atoms with Crippen molar-refractivity contribution in [2.75, 3.05) is 36.6 Å². The van der Waals surface area contributed by atoms with Gasteiger partial charge in [-0.05, 0) is 35.9 Å². The molecule has 4 rings (SSSR count). The average molecular weight is 368 g/mol. The van der Waals surface area contributed by atoms with Gasteiger partial charge >= 0.3 is 6.18 Å². The van der Waals surface area contributed by atoms with E-state index >= 15 is 0 Å². The van der Waals surface area contributed by atoms with Gasteiger partial charge in [-0.2, -0.15) is 13.2 Å². The fraction of sp³-hybridized carbons (Fsp3) is 0.333. The average Bonchev–Trinajstić information content (AvgIpc) is 2.95. The van der Waals surface area contributed by atoms with Crippen molar-refractivity contribution in [3.63, 3.8) is 0 Å². The van der Waals surface area contributed by atoms with Crippen LogP contribution in [0.15, 0.2) is 36.4 Å². The predicted molar refractivity (Wildman–Crippen MR) is 88.4 cm³/mol. The first kappa shape index (κ1) is 17.1. The first-order chi connectivity index (χ1) is 12.3. The van der Waals surface area contributed by atoms with Crippen LogP contribution < -0.4 is 10.2 Å². The molecule has 2 aliphatic rings. The second-order valence-corrected chi connectivity index (χ2v) is 6.67. The van der Waals surface area contributed by atoms with Crippen molar-refractivity contribution in [2.45, 2.75) is 11.8 Å². The summed E-state index contributed by atoms with van der Waals surface area (Å²) in [4.78, 5) is 1.92. The summed E-state index contributed by atoms with van der Waals surface area (Å²) in [6.45, 7) is 1.37. The molecule has 0 atom stereocenters. The lowest BCUT2D eigenvalue weighted by molar-refractivity contribution is -0.171. The van der Waals surface area contributed by atoms with Crippen LogP contribution in [0, 0.1) is 5.82 Å². The summed E-state index contributed by atoms with van der Waals surface area (Å²) in [7, 11) is 0. The van der Waals surface area contributed by atoms with E-state index in [2.05, 4.69) is 5.32 Å². The number of β-amino-alcohol motifs (C(OH)–C–C–N with tert-alkyl or cyclic N) is 1. The summed E-state index contributed by atoms with van der Waals surface area (Å²) in [5.41, 5.74) is -0.0446. The molecule has 2 heterocycles. The molecule has 26 heavy (non-hydrogen) atoms. The molecule has 138 valence electrons. The molecule has 0 aliphatic carbocycles. The summed E-state index contributed by atoms with van der Waals surface area (Å²) in [5.74, 6) is -0.714. The summed E-state index contributed by atoms with van der Waals surface area (Å²) in [5, 5.41) is 13.3. The Morgan fingerprint density at radius 1 is 1.15 bits per heavy atom. The maximum absolute atomic E-state index is 14.1. The van der Waals surface area contributed by atoms with Crippen LogP contribution >= 0.6 is 0 Å². The maximum atomic E-state index is 14.1. The van der Waals surface area contributed by atoms with Gasteiger partial charge < -0.3 is 20.1 Å². The molecule has 4 nitrogen and oxygen atoms in total. The number of nitrogens with zero attached hydrogens (tertiary/aromatic N) is 1. The van der Waals surface area contributed by atoms with E-state index in [9.17, 15) is 22.7 Å². The second kappa shape index (κ2) is 5.85. The van der Waals surface area contributed by atoms with Crippen molar-refractivity contribution >= 4 is 11.4 Å². The Morgan fingerprint density at radius 3 is 2.58 bits per heavy atom. The molecule has 0 saturated carbocycles. The molecule has 1 fully saturated rings. The number of hydrogen-bond donors (Lipinski definition) is 2. The van der Waals surface area contributed by atoms with E-state index in [0.717, 1.165) is 23.9 Å². The third kappa shape index (κ3) is 2.99. The highest BCUT2D eigenvalue weighted by Crippen LogP contribution is 2.39. The van der Waals surface area contributed by atoms with Gasteiger partial charge in [-0.15, -0.1) is 0 Å². The molecule has 0 amide bonds. The van der Waals surface area contributed by atoms with Crippen LogP contribution in [0.4, 0.5) is 28.9 Å². The number of hydrogen-bond acceptors (Lipinski definition) is 4. The molecule has 0 aromatic heterocycles. The van der Waals surface area contributed by atoms with Gasteiger partial charge in [-0.3, -0.25) is 0 Å². The number of alkyl halides is 3. The van der Waals surface area contributed by atoms with Crippen molar-refractivity contribution in [1.29, 1.82) is 0 Å². The highest BCUT2D eigenvalue weighted by atomic mass is 19.4. The van der Waals surface area contributed by atoms with Crippen molar-refractivity contribution in [3.05, 3.63) is 47.8 Å². The first-order valence-corrected chi connectivity index (χ1v) is 8.05. The Bertz CT molecular complexity index is 850. The topological polar surface area (TPSA) is 44.7 Å². The smallest absolute Gasteiger partial charge is 0.383 e. The van der Waals surface area contributed by atoms with E-state index in [1.807, 2.05) is 4.90 Å². The SMILES string of the molecule is OC1(CN2CNc3cc(-c4cc(C(F)(F)F)ccc4F)ccc32)COC1. The van der Waals surface area contributed by atoms with E-state index in [0.29, 0.717) is 24.5 Å². The fourth-order valence-electron chi connectivity index (χ4n) is 3.23. The van der Waals surface area contributed by atoms with Crippen LogP contribution in [0.2, 0.25) is 0 Å². The minimum absolute atomic E-state index is 0.103. The molecule has 0 unspecified atom stereocenters. The molecular formula is C18H16F4N2O2. The molecule has 8 heteroatoms. The van der Waals surface area contributed by atoms with Crippen LogP contribution in [-0.2, 0) is 10.9 Å². The highest BCUT2D eigenvalue weighted by Gasteiger charge is 2.39. The van der Waals surface area contributed by atoms with Gasteiger partial charge in [0.15, 0.2) is 0 Å². The van der Waals surface area contributed by atoms with Crippen molar-refractivity contribution in [3.8, 4) is 11.1 Å². The van der Waals surface area contributed by atoms with E-state index in [1.54, 1.807) is 18.2 Å². The zero-order valence-corrected chi connectivity index (χ0v) is 13.6. The van der Waals surface area contributed by atoms with Crippen LogP contribution in [0.1, 0.15) is 5.56 Å². The van der Waals surface area contributed by atoms with E-state index in [-0.39, 0.29) is 18.8 Å². The van der Waals surface area contributed by atoms with Gasteiger partial charge in [0, 0.05) is 5.56 Å². The Labute approximate surface area is 147 Å². The lowest BCUT2D eigenvalue weighted by Crippen LogP contribution is -2.57. The van der Waals surface area contributed by atoms with E-state index in [4.69, 9.17) is 4.74 Å². The number of fused-ring (bicyclic) bond motifs is 1. The zero-order valence-electron chi connectivity index (χ0n) is 13.6. The number of halogens is 4. The van der Waals surface area contributed by atoms with Gasteiger partial charge in [0.05, 0.1) is 43.4 Å². The zero-order chi connectivity index (χ0) is 18.5. The number of aliphatic hydroxyl groups is 1. The fourth-order valence-corrected chi connectivity index (χ4v) is 3.23. The van der Waals surface area contributed by atoms with Crippen LogP contribution in [0.3, 0.4) is 0 Å². The largest absolute Gasteiger partial charge is 0.416 e. The number of anilines is 2. The van der Waals surface area contributed by atoms with Gasteiger partial charge in [0.2, 0.25) is 0 Å². The maximum Gasteiger partial charge on any atom is 0.416 e. The quantitative estimate of drug-likeness (QED) is 0.815. The number of rotatable bonds is 3. The normalized spacial score (nSPS) is 18.3. The van der Waals surface area contributed by atoms with E-state index < -0.39 is 23.2 Å². The Morgan fingerprint density at radius 2 is 1.92 bits per heavy atom. The highest BCUT2D eigenvalue weighted by molar-refractivity contribution is 5.81. The molecule has 2 aromatic rings. The minimum atomic E-state index is -4.53. The van der Waals surface area contributed by atoms with Gasteiger partial charge in [0.25, 0.3) is 0 Å². The first-order valence-electron chi connectivity index (χ1n) is 8.05. The van der Waals surface area contributed by atoms with Crippen LogP contribution in [-0.4, -0.2) is 37.1 Å². The molecule has 0 radical (unpaired) electrons. The lowest BCUT2D eigenvalue weighted by atomic mass is 10.00. The van der Waals surface area contributed by atoms with E-state index in [1.165, 1.54) is 0 Å². The van der Waals surface area contributed by atoms with Gasteiger partial charge in [-0.1, -0.05) is 6.07 Å². The second-order valence-electron chi connectivity index (χ2n) is 6.67. The van der Waals surface area contributed by atoms with Crippen molar-refractivity contribution in [2.24, 2.45) is 0 Å². The Hall–Kier alpha value is -2.32. The van der Waals surface area contributed by atoms with Crippen molar-refractivity contribution < 1.29 is 27.4 Å². The standard InChI is InChI=1S/C18H16F4N2O2/c19-14-3-2-12(18(20,21)22)6-13(14)11-1-4-16-15(5-11)23-10-24(16)7-17(25)8-26-9-17/h1-6,23,25H,7-10H2. The van der Waals surface area contributed by atoms with Crippen LogP contribution in [0.5, 0.6) is 0 Å². The summed E-state index contributed by atoms with van der Waals surface area (Å²) in [6, 6.07) is 7.30. The predicted octanol–water partition coefficient (Wildman–Crippen LogP) is 3.46. The lowest BCUT2D eigenvalue weighted by Gasteiger charge is -2.39.